The Kier molecular flexibility index (Phi) is 5.85. The van der Waals surface area contributed by atoms with Crippen molar-refractivity contribution in [2.75, 3.05) is 18.0 Å². The summed E-state index contributed by atoms with van der Waals surface area (Å²) >= 11 is 1.65. The van der Waals surface area contributed by atoms with Crippen LogP contribution in [0.1, 0.15) is 48.3 Å². The maximum absolute atomic E-state index is 12.4. The highest BCUT2D eigenvalue weighted by Gasteiger charge is 2.36. The predicted octanol–water partition coefficient (Wildman–Crippen LogP) is 4.64. The lowest BCUT2D eigenvalue weighted by Crippen LogP contribution is -2.40. The number of nitrogens with one attached hydrogen (secondary N) is 1. The molecule has 4 aromatic rings. The maximum Gasteiger partial charge on any atom is 0.267 e. The van der Waals surface area contributed by atoms with Crippen molar-refractivity contribution in [2.45, 2.75) is 58.2 Å². The van der Waals surface area contributed by atoms with Gasteiger partial charge in [0.25, 0.3) is 5.56 Å². The van der Waals surface area contributed by atoms with Gasteiger partial charge in [0.15, 0.2) is 0 Å². The first-order valence-electron chi connectivity index (χ1n) is 12.8. The normalized spacial score (nSPS) is 18.6. The van der Waals surface area contributed by atoms with Crippen LogP contribution in [0.15, 0.2) is 47.5 Å². The lowest BCUT2D eigenvalue weighted by molar-refractivity contribution is 0.450. The number of pyridine rings is 1. The van der Waals surface area contributed by atoms with E-state index in [1.165, 1.54) is 15.9 Å². The van der Waals surface area contributed by atoms with Gasteiger partial charge in [0.2, 0.25) is 0 Å². The van der Waals surface area contributed by atoms with Gasteiger partial charge in [-0.15, -0.1) is 11.3 Å². The van der Waals surface area contributed by atoms with Gasteiger partial charge >= 0.3 is 0 Å². The van der Waals surface area contributed by atoms with Gasteiger partial charge in [0.1, 0.15) is 0 Å². The van der Waals surface area contributed by atoms with Crippen LogP contribution in [0.5, 0.6) is 0 Å². The molecule has 37 heavy (non-hydrogen) atoms. The number of benzene rings is 1. The fourth-order valence-corrected chi connectivity index (χ4v) is 6.95. The van der Waals surface area contributed by atoms with Gasteiger partial charge in [-0.05, 0) is 75.4 Å². The number of fused-ring (bicyclic) bond motifs is 2. The van der Waals surface area contributed by atoms with Crippen LogP contribution >= 0.6 is 11.3 Å². The van der Waals surface area contributed by atoms with Crippen molar-refractivity contribution in [3.8, 4) is 17.2 Å². The van der Waals surface area contributed by atoms with Crippen LogP contribution in [-0.2, 0) is 13.0 Å². The summed E-state index contributed by atoms with van der Waals surface area (Å²) in [6, 6.07) is 12.7. The molecule has 2 aliphatic rings. The largest absolute Gasteiger partial charge is 0.366 e. The molecule has 1 fully saturated rings. The molecule has 0 spiro atoms. The standard InChI is InChI=1S/C29H30N6OS/c1-18-9-26(36)35(33-15-18)17-22-12-25-28(37-22)23(6-7-31-25)24-11-19(14-30)10-20-5-4-8-34(27(20)24)21-13-29(2,3)32-16-21/h6-7,9-12,15,21,32H,4-5,8,13,16-17H2,1-3H3. The molecule has 1 unspecified atom stereocenters. The van der Waals surface area contributed by atoms with E-state index in [0.29, 0.717) is 18.2 Å². The Morgan fingerprint density at radius 1 is 1.24 bits per heavy atom. The van der Waals surface area contributed by atoms with E-state index in [0.717, 1.165) is 64.1 Å². The van der Waals surface area contributed by atoms with Crippen molar-refractivity contribution in [1.82, 2.24) is 20.1 Å². The first kappa shape index (κ1) is 23.8. The van der Waals surface area contributed by atoms with Crippen molar-refractivity contribution in [3.63, 3.8) is 0 Å². The first-order chi connectivity index (χ1) is 17.8. The Labute approximate surface area is 220 Å². The van der Waals surface area contributed by atoms with Crippen LogP contribution in [0.3, 0.4) is 0 Å². The molecule has 0 aliphatic carbocycles. The van der Waals surface area contributed by atoms with E-state index in [1.807, 2.05) is 19.2 Å². The molecule has 188 valence electrons. The molecular weight excluding hydrogens is 480 g/mol. The van der Waals surface area contributed by atoms with Gasteiger partial charge in [-0.2, -0.15) is 10.4 Å². The highest BCUT2D eigenvalue weighted by molar-refractivity contribution is 7.19. The molecule has 0 amide bonds. The number of aryl methyl sites for hydroxylation is 2. The third-order valence-electron chi connectivity index (χ3n) is 7.52. The minimum Gasteiger partial charge on any atom is -0.366 e. The molecule has 2 aliphatic heterocycles. The second-order valence-electron chi connectivity index (χ2n) is 10.9. The smallest absolute Gasteiger partial charge is 0.267 e. The first-order valence-corrected chi connectivity index (χ1v) is 13.6. The van der Waals surface area contributed by atoms with E-state index >= 15 is 0 Å². The minimum atomic E-state index is -0.106. The van der Waals surface area contributed by atoms with E-state index in [1.54, 1.807) is 23.6 Å². The predicted molar refractivity (Wildman–Crippen MR) is 148 cm³/mol. The summed E-state index contributed by atoms with van der Waals surface area (Å²) in [6.07, 6.45) is 6.71. The van der Waals surface area contributed by atoms with Gasteiger partial charge < -0.3 is 10.2 Å². The van der Waals surface area contributed by atoms with Gasteiger partial charge in [0, 0.05) is 58.6 Å². The third-order valence-corrected chi connectivity index (χ3v) is 8.66. The number of anilines is 1. The van der Waals surface area contributed by atoms with Crippen molar-refractivity contribution in [3.05, 3.63) is 74.6 Å². The quantitative estimate of drug-likeness (QED) is 0.430. The van der Waals surface area contributed by atoms with Crippen LogP contribution in [-0.4, -0.2) is 39.4 Å². The molecule has 1 N–H and O–H groups in total. The summed E-state index contributed by atoms with van der Waals surface area (Å²) in [5.74, 6) is 0. The van der Waals surface area contributed by atoms with Crippen molar-refractivity contribution in [2.24, 2.45) is 0 Å². The number of hydrogen-bond donors (Lipinski definition) is 1. The summed E-state index contributed by atoms with van der Waals surface area (Å²) in [4.78, 5) is 20.7. The number of aromatic nitrogens is 3. The number of rotatable bonds is 4. The van der Waals surface area contributed by atoms with Crippen LogP contribution in [0, 0.1) is 18.3 Å². The summed E-state index contributed by atoms with van der Waals surface area (Å²) in [6.45, 7) is 8.79. The van der Waals surface area contributed by atoms with E-state index < -0.39 is 0 Å². The number of thiophene rings is 1. The van der Waals surface area contributed by atoms with Crippen LogP contribution in [0.25, 0.3) is 21.3 Å². The lowest BCUT2D eigenvalue weighted by Gasteiger charge is -2.38. The minimum absolute atomic E-state index is 0.106. The average Bonchev–Trinajstić information content (AvgIpc) is 3.46. The summed E-state index contributed by atoms with van der Waals surface area (Å²) in [7, 11) is 0. The zero-order valence-electron chi connectivity index (χ0n) is 21.4. The fraction of sp³-hybridized carbons (Fsp3) is 0.379. The molecular formula is C29H30N6OS. The van der Waals surface area contributed by atoms with Crippen LogP contribution in [0.4, 0.5) is 5.69 Å². The molecule has 1 saturated heterocycles. The molecule has 7 nitrogen and oxygen atoms in total. The molecule has 6 rings (SSSR count). The van der Waals surface area contributed by atoms with Gasteiger partial charge in [-0.25, -0.2) is 4.68 Å². The Hall–Kier alpha value is -3.54. The highest BCUT2D eigenvalue weighted by Crippen LogP contribution is 2.44. The molecule has 3 aromatic heterocycles. The Balaban J connectivity index is 1.48. The monoisotopic (exact) mass is 510 g/mol. The van der Waals surface area contributed by atoms with Gasteiger partial charge in [0.05, 0.1) is 34.6 Å². The van der Waals surface area contributed by atoms with E-state index in [2.05, 4.69) is 58.4 Å². The Morgan fingerprint density at radius 2 is 2.11 bits per heavy atom. The topological polar surface area (TPSA) is 86.8 Å². The van der Waals surface area contributed by atoms with Gasteiger partial charge in [-0.1, -0.05) is 0 Å². The SMILES string of the molecule is Cc1cnn(Cc2cc3nccc(-c4cc(C#N)cc5c4N(C4CNC(C)(C)C4)CCC5)c3s2)c(=O)c1. The lowest BCUT2D eigenvalue weighted by atomic mass is 9.90. The molecule has 8 heteroatoms. The second-order valence-corrected chi connectivity index (χ2v) is 12.0. The maximum atomic E-state index is 12.4. The van der Waals surface area contributed by atoms with Gasteiger partial charge in [-0.3, -0.25) is 9.78 Å². The van der Waals surface area contributed by atoms with E-state index in [4.69, 9.17) is 0 Å². The second kappa shape index (κ2) is 9.09. The number of hydrogen-bond acceptors (Lipinski definition) is 7. The summed E-state index contributed by atoms with van der Waals surface area (Å²) < 4.78 is 2.57. The molecule has 0 radical (unpaired) electrons. The van der Waals surface area contributed by atoms with Crippen LogP contribution < -0.4 is 15.8 Å². The van der Waals surface area contributed by atoms with Crippen molar-refractivity contribution >= 4 is 27.2 Å². The molecule has 1 aromatic carbocycles. The van der Waals surface area contributed by atoms with Crippen LogP contribution in [0.2, 0.25) is 0 Å². The number of nitrogens with zero attached hydrogens (tertiary/aromatic N) is 5. The summed E-state index contributed by atoms with van der Waals surface area (Å²) in [5.41, 5.74) is 7.16. The average molecular weight is 511 g/mol. The Morgan fingerprint density at radius 3 is 2.86 bits per heavy atom. The van der Waals surface area contributed by atoms with Crippen molar-refractivity contribution in [1.29, 1.82) is 5.26 Å². The third kappa shape index (κ3) is 4.43. The molecule has 1 atom stereocenters. The zero-order valence-corrected chi connectivity index (χ0v) is 22.2. The molecule has 0 bridgehead atoms. The van der Waals surface area contributed by atoms with Crippen molar-refractivity contribution < 1.29 is 0 Å². The van der Waals surface area contributed by atoms with E-state index in [9.17, 15) is 10.1 Å². The molecule has 5 heterocycles. The highest BCUT2D eigenvalue weighted by atomic mass is 32.1. The number of nitriles is 1. The fourth-order valence-electron chi connectivity index (χ4n) is 5.83. The summed E-state index contributed by atoms with van der Waals surface area (Å²) in [5, 5.41) is 17.9. The van der Waals surface area contributed by atoms with E-state index in [-0.39, 0.29) is 11.1 Å². The Bertz CT molecular complexity index is 1610. The molecule has 0 saturated carbocycles. The zero-order chi connectivity index (χ0) is 25.7.